The molecule has 3 nitrogen and oxygen atoms in total. The number of sulfonamides is 1. The molecular weight excluding hydrogens is 282 g/mol. The van der Waals surface area contributed by atoms with Gasteiger partial charge in [-0.3, -0.25) is 4.72 Å². The lowest BCUT2D eigenvalue weighted by atomic mass is 10.1. The van der Waals surface area contributed by atoms with Crippen molar-refractivity contribution in [3.63, 3.8) is 0 Å². The van der Waals surface area contributed by atoms with Crippen LogP contribution in [0.25, 0.3) is 0 Å². The highest BCUT2D eigenvalue weighted by Gasteiger charge is 2.14. The van der Waals surface area contributed by atoms with Crippen LogP contribution >= 0.6 is 11.6 Å². The molecule has 0 bridgehead atoms. The van der Waals surface area contributed by atoms with Gasteiger partial charge in [0, 0.05) is 10.7 Å². The first-order valence-electron chi connectivity index (χ1n) is 5.88. The van der Waals surface area contributed by atoms with Crippen LogP contribution in [0.5, 0.6) is 0 Å². The molecule has 0 saturated heterocycles. The van der Waals surface area contributed by atoms with Gasteiger partial charge in [-0.15, -0.1) is 0 Å². The van der Waals surface area contributed by atoms with Gasteiger partial charge in [0.2, 0.25) is 0 Å². The lowest BCUT2D eigenvalue weighted by Crippen LogP contribution is -2.12. The van der Waals surface area contributed by atoms with Gasteiger partial charge in [0.25, 0.3) is 10.0 Å². The van der Waals surface area contributed by atoms with Crippen molar-refractivity contribution in [2.24, 2.45) is 0 Å². The molecule has 0 atom stereocenters. The third kappa shape index (κ3) is 3.49. The summed E-state index contributed by atoms with van der Waals surface area (Å²) in [4.78, 5) is 0.155. The highest BCUT2D eigenvalue weighted by molar-refractivity contribution is 7.92. The van der Waals surface area contributed by atoms with E-state index in [9.17, 15) is 8.42 Å². The van der Waals surface area contributed by atoms with Crippen LogP contribution in [0, 0.1) is 0 Å². The lowest BCUT2D eigenvalue weighted by molar-refractivity contribution is 0.601. The van der Waals surface area contributed by atoms with E-state index in [1.165, 1.54) is 12.1 Å². The van der Waals surface area contributed by atoms with E-state index in [0.29, 0.717) is 10.7 Å². The fourth-order valence-electron chi connectivity index (χ4n) is 1.70. The summed E-state index contributed by atoms with van der Waals surface area (Å²) in [7, 11) is -3.60. The zero-order valence-electron chi connectivity index (χ0n) is 10.4. The Morgan fingerprint density at radius 1 is 1.11 bits per heavy atom. The van der Waals surface area contributed by atoms with Crippen LogP contribution in [0.15, 0.2) is 53.4 Å². The topological polar surface area (TPSA) is 46.2 Å². The molecule has 0 fully saturated rings. The second kappa shape index (κ2) is 5.63. The van der Waals surface area contributed by atoms with Crippen LogP contribution in [-0.4, -0.2) is 8.42 Å². The maximum absolute atomic E-state index is 12.2. The molecule has 0 radical (unpaired) electrons. The number of halogens is 1. The fraction of sp³-hybridized carbons (Fsp3) is 0.143. The molecule has 0 aliphatic rings. The van der Waals surface area contributed by atoms with Crippen molar-refractivity contribution in [1.29, 1.82) is 0 Å². The van der Waals surface area contributed by atoms with Crippen LogP contribution in [-0.2, 0) is 16.4 Å². The summed E-state index contributed by atoms with van der Waals surface area (Å²) < 4.78 is 26.9. The molecule has 0 amide bonds. The Morgan fingerprint density at radius 2 is 1.84 bits per heavy atom. The van der Waals surface area contributed by atoms with Crippen molar-refractivity contribution >= 4 is 27.3 Å². The van der Waals surface area contributed by atoms with Crippen molar-refractivity contribution in [3.8, 4) is 0 Å². The predicted molar refractivity (Wildman–Crippen MR) is 78.1 cm³/mol. The molecule has 0 saturated carbocycles. The van der Waals surface area contributed by atoms with E-state index < -0.39 is 10.0 Å². The first kappa shape index (κ1) is 13.9. The van der Waals surface area contributed by atoms with E-state index in [4.69, 9.17) is 11.6 Å². The largest absolute Gasteiger partial charge is 0.280 e. The minimum atomic E-state index is -3.60. The summed E-state index contributed by atoms with van der Waals surface area (Å²) in [5, 5.41) is 0.394. The number of aryl methyl sites for hydroxylation is 1. The zero-order chi connectivity index (χ0) is 13.9. The Balaban J connectivity index is 2.31. The number of hydrogen-bond acceptors (Lipinski definition) is 2. The van der Waals surface area contributed by atoms with Gasteiger partial charge >= 0.3 is 0 Å². The van der Waals surface area contributed by atoms with Crippen molar-refractivity contribution in [2.45, 2.75) is 18.2 Å². The number of anilines is 1. The number of hydrogen-bond donors (Lipinski definition) is 1. The summed E-state index contributed by atoms with van der Waals surface area (Å²) in [6, 6.07) is 13.5. The molecule has 0 spiro atoms. The minimum absolute atomic E-state index is 0.155. The van der Waals surface area contributed by atoms with E-state index in [0.717, 1.165) is 12.0 Å². The maximum atomic E-state index is 12.2. The normalized spacial score (nSPS) is 11.3. The second-order valence-corrected chi connectivity index (χ2v) is 6.24. The van der Waals surface area contributed by atoms with Gasteiger partial charge in [0.05, 0.1) is 4.90 Å². The lowest BCUT2D eigenvalue weighted by Gasteiger charge is -2.09. The highest BCUT2D eigenvalue weighted by atomic mass is 35.5. The molecule has 5 heteroatoms. The van der Waals surface area contributed by atoms with Crippen LogP contribution in [0.4, 0.5) is 5.69 Å². The third-order valence-electron chi connectivity index (χ3n) is 2.69. The molecule has 0 unspecified atom stereocenters. The number of rotatable bonds is 4. The van der Waals surface area contributed by atoms with E-state index in [1.54, 1.807) is 18.2 Å². The quantitative estimate of drug-likeness (QED) is 0.935. The fourth-order valence-corrected chi connectivity index (χ4v) is 3.05. The molecular formula is C14H14ClNO2S. The molecule has 1 N–H and O–H groups in total. The van der Waals surface area contributed by atoms with E-state index in [2.05, 4.69) is 4.72 Å². The van der Waals surface area contributed by atoms with Crippen LogP contribution in [0.2, 0.25) is 5.02 Å². The van der Waals surface area contributed by atoms with Crippen LogP contribution in [0.3, 0.4) is 0 Å². The van der Waals surface area contributed by atoms with Gasteiger partial charge in [-0.25, -0.2) is 8.42 Å². The van der Waals surface area contributed by atoms with Gasteiger partial charge in [-0.05, 0) is 42.3 Å². The molecule has 0 aliphatic heterocycles. The molecule has 2 rings (SSSR count). The number of nitrogens with one attached hydrogen (secondary N) is 1. The summed E-state index contributed by atoms with van der Waals surface area (Å²) in [5.74, 6) is 0. The molecule has 100 valence electrons. The molecule has 0 aromatic heterocycles. The standard InChI is InChI=1S/C14H14ClNO2S/c1-2-11-5-3-7-13(9-11)16-19(17,18)14-8-4-6-12(15)10-14/h3-10,16H,2H2,1H3. The molecule has 19 heavy (non-hydrogen) atoms. The van der Waals surface area contributed by atoms with Gasteiger partial charge in [-0.1, -0.05) is 36.7 Å². The molecule has 2 aromatic rings. The second-order valence-electron chi connectivity index (χ2n) is 4.12. The Labute approximate surface area is 118 Å². The van der Waals surface area contributed by atoms with Gasteiger partial charge in [0.1, 0.15) is 0 Å². The van der Waals surface area contributed by atoms with E-state index in [-0.39, 0.29) is 4.90 Å². The SMILES string of the molecule is CCc1cccc(NS(=O)(=O)c2cccc(Cl)c2)c1. The van der Waals surface area contributed by atoms with Gasteiger partial charge in [0.15, 0.2) is 0 Å². The van der Waals surface area contributed by atoms with Crippen LogP contribution in [0.1, 0.15) is 12.5 Å². The Kier molecular flexibility index (Phi) is 4.12. The van der Waals surface area contributed by atoms with Crippen molar-refractivity contribution < 1.29 is 8.42 Å². The Morgan fingerprint density at radius 3 is 2.53 bits per heavy atom. The summed E-state index contributed by atoms with van der Waals surface area (Å²) in [6.07, 6.45) is 0.854. The molecule has 2 aromatic carbocycles. The van der Waals surface area contributed by atoms with Crippen molar-refractivity contribution in [2.75, 3.05) is 4.72 Å². The third-order valence-corrected chi connectivity index (χ3v) is 4.31. The molecule has 0 heterocycles. The molecule has 0 aliphatic carbocycles. The van der Waals surface area contributed by atoms with Crippen molar-refractivity contribution in [3.05, 3.63) is 59.1 Å². The monoisotopic (exact) mass is 295 g/mol. The Bertz CT molecular complexity index is 683. The zero-order valence-corrected chi connectivity index (χ0v) is 12.0. The van der Waals surface area contributed by atoms with E-state index in [1.807, 2.05) is 25.1 Å². The minimum Gasteiger partial charge on any atom is -0.280 e. The smallest absolute Gasteiger partial charge is 0.261 e. The van der Waals surface area contributed by atoms with Crippen molar-refractivity contribution in [1.82, 2.24) is 0 Å². The summed E-state index contributed by atoms with van der Waals surface area (Å²) >= 11 is 5.81. The number of benzene rings is 2. The van der Waals surface area contributed by atoms with E-state index >= 15 is 0 Å². The average Bonchev–Trinajstić information content (AvgIpc) is 2.38. The van der Waals surface area contributed by atoms with Crippen LogP contribution < -0.4 is 4.72 Å². The summed E-state index contributed by atoms with van der Waals surface area (Å²) in [6.45, 7) is 2.02. The highest BCUT2D eigenvalue weighted by Crippen LogP contribution is 2.20. The first-order valence-corrected chi connectivity index (χ1v) is 7.75. The summed E-state index contributed by atoms with van der Waals surface area (Å²) in [5.41, 5.74) is 1.63. The maximum Gasteiger partial charge on any atom is 0.261 e. The first-order chi connectivity index (χ1) is 9.01. The average molecular weight is 296 g/mol. The predicted octanol–water partition coefficient (Wildman–Crippen LogP) is 3.70. The van der Waals surface area contributed by atoms with Gasteiger partial charge < -0.3 is 0 Å². The Hall–Kier alpha value is -1.52. The van der Waals surface area contributed by atoms with Gasteiger partial charge in [-0.2, -0.15) is 0 Å².